The van der Waals surface area contributed by atoms with Crippen molar-refractivity contribution in [3.63, 3.8) is 0 Å². The highest BCUT2D eigenvalue weighted by molar-refractivity contribution is 7.91. The number of allylic oxidation sites excluding steroid dienone is 1. The zero-order chi connectivity index (χ0) is 36.0. The molecule has 6 rings (SSSR count). The van der Waals surface area contributed by atoms with Crippen molar-refractivity contribution in [2.24, 2.45) is 11.3 Å². The van der Waals surface area contributed by atoms with E-state index in [9.17, 15) is 32.4 Å². The van der Waals surface area contributed by atoms with E-state index < -0.39 is 80.2 Å². The Morgan fingerprint density at radius 2 is 1.90 bits per heavy atom. The van der Waals surface area contributed by atoms with Crippen LogP contribution in [-0.4, -0.2) is 90.3 Å². The van der Waals surface area contributed by atoms with Crippen LogP contribution in [0, 0.1) is 11.3 Å². The van der Waals surface area contributed by atoms with Gasteiger partial charge in [-0.05, 0) is 54.2 Å². The second-order valence-electron chi connectivity index (χ2n) is 14.9. The van der Waals surface area contributed by atoms with Crippen molar-refractivity contribution in [3.8, 4) is 0 Å². The lowest BCUT2D eigenvalue weighted by Gasteiger charge is -2.35. The number of nitrogens with zero attached hydrogens (tertiary/aromatic N) is 2. The fraction of sp³-hybridized carbons (Fsp3) is 0.571. The average Bonchev–Trinajstić information content (AvgIpc) is 3.94. The fourth-order valence-corrected chi connectivity index (χ4v) is 8.26. The molecule has 50 heavy (non-hydrogen) atoms. The molecule has 4 bridgehead atoms. The normalized spacial score (nSPS) is 29.4. The van der Waals surface area contributed by atoms with Gasteiger partial charge >= 0.3 is 12.2 Å². The zero-order valence-corrected chi connectivity index (χ0v) is 29.4. The highest BCUT2D eigenvalue weighted by Crippen LogP contribution is 2.45. The van der Waals surface area contributed by atoms with E-state index in [1.807, 2.05) is 30.4 Å². The lowest BCUT2D eigenvalue weighted by molar-refractivity contribution is -0.142. The first-order valence-corrected chi connectivity index (χ1v) is 18.6. The number of fused-ring (bicyclic) bond motifs is 3. The van der Waals surface area contributed by atoms with Crippen LogP contribution < -0.4 is 15.4 Å². The van der Waals surface area contributed by atoms with Gasteiger partial charge in [0, 0.05) is 18.9 Å². The van der Waals surface area contributed by atoms with Gasteiger partial charge in [0.1, 0.15) is 23.7 Å². The number of nitrogens with one attached hydrogen (secondary N) is 3. The van der Waals surface area contributed by atoms with Crippen molar-refractivity contribution in [2.45, 2.75) is 101 Å². The summed E-state index contributed by atoms with van der Waals surface area (Å²) in [6.07, 6.45) is 5.28. The number of carbonyl (C=O) groups is 5. The molecule has 0 aromatic heterocycles. The third-order valence-electron chi connectivity index (χ3n) is 10.1. The monoisotopic (exact) mass is 711 g/mol. The third kappa shape index (κ3) is 7.23. The van der Waals surface area contributed by atoms with E-state index in [1.54, 1.807) is 25.7 Å². The maximum absolute atomic E-state index is 14.3. The van der Waals surface area contributed by atoms with Gasteiger partial charge < -0.3 is 25.0 Å². The van der Waals surface area contributed by atoms with Gasteiger partial charge in [0.25, 0.3) is 5.91 Å². The number of cyclic esters (lactones) is 1. The van der Waals surface area contributed by atoms with Crippen LogP contribution in [0.2, 0.25) is 0 Å². The Morgan fingerprint density at radius 1 is 1.14 bits per heavy atom. The summed E-state index contributed by atoms with van der Waals surface area (Å²) in [5.74, 6) is -2.72. The molecule has 3 aliphatic heterocycles. The second kappa shape index (κ2) is 13.4. The van der Waals surface area contributed by atoms with Crippen molar-refractivity contribution in [1.29, 1.82) is 0 Å². The molecule has 3 N–H and O–H groups in total. The van der Waals surface area contributed by atoms with E-state index >= 15 is 0 Å². The Balaban J connectivity index is 1.27. The van der Waals surface area contributed by atoms with E-state index in [4.69, 9.17) is 9.47 Å². The summed E-state index contributed by atoms with van der Waals surface area (Å²) >= 11 is 0. The van der Waals surface area contributed by atoms with E-state index in [2.05, 4.69) is 21.9 Å². The molecule has 3 heterocycles. The Labute approximate surface area is 292 Å². The van der Waals surface area contributed by atoms with Gasteiger partial charge in [-0.25, -0.2) is 18.0 Å². The molecule has 3 fully saturated rings. The minimum atomic E-state index is -3.90. The number of alkyl carbamates (subject to hydrolysis) is 1. The largest absolute Gasteiger partial charge is 0.450 e. The van der Waals surface area contributed by atoms with Crippen molar-refractivity contribution in [3.05, 3.63) is 53.6 Å². The summed E-state index contributed by atoms with van der Waals surface area (Å²) in [7, 11) is -3.90. The number of amides is 5. The van der Waals surface area contributed by atoms with Crippen LogP contribution in [0.25, 0.3) is 6.08 Å². The topological polar surface area (TPSA) is 181 Å². The van der Waals surface area contributed by atoms with Gasteiger partial charge in [0.05, 0.1) is 24.9 Å². The van der Waals surface area contributed by atoms with Crippen molar-refractivity contribution in [1.82, 2.24) is 25.2 Å². The zero-order valence-electron chi connectivity index (χ0n) is 28.6. The second-order valence-corrected chi connectivity index (χ2v) is 16.9. The molecular weight excluding hydrogens is 666 g/mol. The van der Waals surface area contributed by atoms with Crippen molar-refractivity contribution >= 4 is 46.0 Å². The van der Waals surface area contributed by atoms with E-state index in [1.165, 1.54) is 11.0 Å². The van der Waals surface area contributed by atoms with Crippen LogP contribution >= 0.6 is 0 Å². The number of ether oxygens (including phenoxy) is 2. The SMILES string of the molecule is C=C[C@@H]1C[C@]1(NC(=O)[C@@H]1C[C@@H]2CN1C(=O)[C@@H](C(C)(C)C)NC(=O)OCCC/C=C/c1cccc3c1CN(C3)C(=O)O2)C(=O)NS(=O)(=O)C1CC1. The highest BCUT2D eigenvalue weighted by Gasteiger charge is 2.62. The molecule has 5 aliphatic rings. The summed E-state index contributed by atoms with van der Waals surface area (Å²) < 4.78 is 38.7. The molecule has 270 valence electrons. The standard InChI is InChI=1S/C35H45N5O9S/c1-5-23-17-35(23,31(43)38-50(46,47)25-13-14-25)37-29(41)27-16-24-19-40(27)30(42)28(34(2,3)4)36-32(44)48-15-8-6-7-10-21-11-9-12-22-18-39(20-26(21)22)33(45)49-24/h5,7,9-12,23-25,27-28H,1,6,8,13-20H2,2-4H3,(H,36,44)(H,37,41)(H,38,43)/b10-7+/t23-,24-,27+,28+,35-/m1/s1. The van der Waals surface area contributed by atoms with E-state index in [0.717, 1.165) is 16.7 Å². The molecule has 2 aliphatic carbocycles. The molecule has 2 saturated carbocycles. The van der Waals surface area contributed by atoms with Gasteiger partial charge in [-0.2, -0.15) is 0 Å². The lowest BCUT2D eigenvalue weighted by atomic mass is 9.85. The van der Waals surface area contributed by atoms with Crippen LogP contribution in [0.15, 0.2) is 36.9 Å². The molecular formula is C35H45N5O9S. The quantitative estimate of drug-likeness (QED) is 0.374. The van der Waals surface area contributed by atoms with Gasteiger partial charge in [0.15, 0.2) is 0 Å². The van der Waals surface area contributed by atoms with Crippen LogP contribution in [0.5, 0.6) is 0 Å². The Kier molecular flexibility index (Phi) is 9.48. The number of rotatable bonds is 6. The Hall–Kier alpha value is -4.40. The fourth-order valence-electron chi connectivity index (χ4n) is 6.89. The molecule has 15 heteroatoms. The minimum absolute atomic E-state index is 0.0871. The van der Waals surface area contributed by atoms with Crippen LogP contribution in [-0.2, 0) is 47.0 Å². The Bertz CT molecular complexity index is 1730. The first-order valence-electron chi connectivity index (χ1n) is 17.1. The number of sulfonamides is 1. The average molecular weight is 712 g/mol. The minimum Gasteiger partial charge on any atom is -0.450 e. The molecule has 5 atom stereocenters. The first kappa shape index (κ1) is 35.4. The predicted molar refractivity (Wildman–Crippen MR) is 181 cm³/mol. The molecule has 1 saturated heterocycles. The van der Waals surface area contributed by atoms with Gasteiger partial charge in [-0.15, -0.1) is 6.58 Å². The summed E-state index contributed by atoms with van der Waals surface area (Å²) in [5.41, 5.74) is 0.553. The smallest absolute Gasteiger partial charge is 0.410 e. The molecule has 0 spiro atoms. The lowest BCUT2D eigenvalue weighted by Crippen LogP contribution is -2.60. The Morgan fingerprint density at radius 3 is 2.58 bits per heavy atom. The first-order chi connectivity index (χ1) is 23.6. The van der Waals surface area contributed by atoms with E-state index in [0.29, 0.717) is 38.8 Å². The number of hydrogen-bond donors (Lipinski definition) is 3. The van der Waals surface area contributed by atoms with Crippen molar-refractivity contribution < 1.29 is 41.9 Å². The molecule has 1 aromatic rings. The molecule has 14 nitrogen and oxygen atoms in total. The molecule has 5 amide bonds. The predicted octanol–water partition coefficient (Wildman–Crippen LogP) is 2.73. The summed E-state index contributed by atoms with van der Waals surface area (Å²) in [6, 6.07) is 3.51. The van der Waals surface area contributed by atoms with E-state index in [-0.39, 0.29) is 26.0 Å². The van der Waals surface area contributed by atoms with Crippen molar-refractivity contribution in [2.75, 3.05) is 13.2 Å². The summed E-state index contributed by atoms with van der Waals surface area (Å²) in [6.45, 7) is 9.65. The molecule has 1 aromatic carbocycles. The molecule has 0 radical (unpaired) electrons. The number of carbonyl (C=O) groups excluding carboxylic acids is 5. The number of benzene rings is 1. The van der Waals surface area contributed by atoms with Gasteiger partial charge in [-0.1, -0.05) is 57.2 Å². The van der Waals surface area contributed by atoms with Gasteiger partial charge in [0.2, 0.25) is 21.8 Å². The maximum Gasteiger partial charge on any atom is 0.410 e. The molecule has 0 unspecified atom stereocenters. The third-order valence-corrected chi connectivity index (χ3v) is 11.9. The van der Waals surface area contributed by atoms with Crippen LogP contribution in [0.4, 0.5) is 9.59 Å². The summed E-state index contributed by atoms with van der Waals surface area (Å²) in [4.78, 5) is 71.1. The summed E-state index contributed by atoms with van der Waals surface area (Å²) in [5, 5.41) is 4.76. The van der Waals surface area contributed by atoms with Crippen LogP contribution in [0.1, 0.15) is 76.0 Å². The maximum atomic E-state index is 14.3. The number of hydrogen-bond acceptors (Lipinski definition) is 9. The highest BCUT2D eigenvalue weighted by atomic mass is 32.2. The van der Waals surface area contributed by atoms with Gasteiger partial charge in [-0.3, -0.25) is 24.0 Å². The van der Waals surface area contributed by atoms with Crippen LogP contribution in [0.3, 0.4) is 0 Å².